The summed E-state index contributed by atoms with van der Waals surface area (Å²) in [5.74, 6) is -0.419. The summed E-state index contributed by atoms with van der Waals surface area (Å²) in [6.07, 6.45) is 1.23. The summed E-state index contributed by atoms with van der Waals surface area (Å²) in [5.41, 5.74) is 0. The van der Waals surface area contributed by atoms with Crippen molar-refractivity contribution in [3.05, 3.63) is 0 Å². The molecule has 2 saturated heterocycles. The number of nitrogens with one attached hydrogen (secondary N) is 1. The van der Waals surface area contributed by atoms with Crippen LogP contribution in [-0.2, 0) is 14.6 Å². The van der Waals surface area contributed by atoms with Crippen LogP contribution in [0.25, 0.3) is 0 Å². The van der Waals surface area contributed by atoms with Gasteiger partial charge in [0.25, 0.3) is 0 Å². The molecule has 0 radical (unpaired) electrons. The fraction of sp³-hybridized carbons (Fsp3) is 0.833. The predicted octanol–water partition coefficient (Wildman–Crippen LogP) is 0.369. The average Bonchev–Trinajstić information content (AvgIpc) is 2.98. The molecule has 7 nitrogen and oxygen atoms in total. The third-order valence-corrected chi connectivity index (χ3v) is 7.12. The molecule has 2 aliphatic rings. The molecule has 21 heavy (non-hydrogen) atoms. The molecule has 2 aliphatic heterocycles. The van der Waals surface area contributed by atoms with Crippen LogP contribution >= 0.6 is 11.8 Å². The highest BCUT2D eigenvalue weighted by atomic mass is 32.2. The van der Waals surface area contributed by atoms with Crippen LogP contribution in [0.5, 0.6) is 0 Å². The first-order valence-corrected chi connectivity index (χ1v) is 9.82. The number of carbonyl (C=O) groups is 2. The Hall–Kier alpha value is -0.960. The van der Waals surface area contributed by atoms with Crippen molar-refractivity contribution in [2.75, 3.05) is 23.8 Å². The molecule has 2 heterocycles. The number of carbonyl (C=O) groups excluding carboxylic acids is 1. The molecule has 0 saturated carbocycles. The highest BCUT2D eigenvalue weighted by Crippen LogP contribution is 2.31. The molecule has 0 aromatic carbocycles. The van der Waals surface area contributed by atoms with Gasteiger partial charge >= 0.3 is 12.0 Å². The summed E-state index contributed by atoms with van der Waals surface area (Å²) in [5, 5.41) is 11.7. The summed E-state index contributed by atoms with van der Waals surface area (Å²) in [6.45, 7) is 2.19. The van der Waals surface area contributed by atoms with Gasteiger partial charge in [0.15, 0.2) is 9.84 Å². The van der Waals surface area contributed by atoms with Gasteiger partial charge in [0.1, 0.15) is 6.04 Å². The number of carboxylic acids is 1. The van der Waals surface area contributed by atoms with Gasteiger partial charge in [-0.2, -0.15) is 0 Å². The van der Waals surface area contributed by atoms with Crippen LogP contribution in [0.4, 0.5) is 4.79 Å². The third kappa shape index (κ3) is 3.82. The second-order valence-electron chi connectivity index (χ2n) is 5.41. The van der Waals surface area contributed by atoms with E-state index in [2.05, 4.69) is 5.32 Å². The minimum Gasteiger partial charge on any atom is -0.480 e. The maximum atomic E-state index is 12.2. The molecule has 0 spiro atoms. The second-order valence-corrected chi connectivity index (χ2v) is 8.85. The molecule has 3 unspecified atom stereocenters. The standard InChI is InChI=1S/C12H20N2O5S2/c1-2-10-14(9(6-20-10)11(15)16)12(17)13-5-8-3-4-21(18,19)7-8/h8-10H,2-7H2,1H3,(H,13,17)(H,15,16). The van der Waals surface area contributed by atoms with Gasteiger partial charge in [-0.3, -0.25) is 4.90 Å². The summed E-state index contributed by atoms with van der Waals surface area (Å²) in [7, 11) is -2.97. The van der Waals surface area contributed by atoms with E-state index in [1.54, 1.807) is 0 Å². The maximum Gasteiger partial charge on any atom is 0.327 e. The Morgan fingerprint density at radius 2 is 2.14 bits per heavy atom. The zero-order chi connectivity index (χ0) is 15.6. The Bertz CT molecular complexity index is 522. The van der Waals surface area contributed by atoms with Crippen LogP contribution in [0.3, 0.4) is 0 Å². The van der Waals surface area contributed by atoms with Crippen molar-refractivity contribution < 1.29 is 23.1 Å². The number of rotatable bonds is 4. The molecule has 0 aromatic heterocycles. The second kappa shape index (κ2) is 6.43. The lowest BCUT2D eigenvalue weighted by Crippen LogP contribution is -2.50. The molecule has 9 heteroatoms. The van der Waals surface area contributed by atoms with E-state index >= 15 is 0 Å². The zero-order valence-corrected chi connectivity index (χ0v) is 13.5. The number of sulfone groups is 1. The Kier molecular flexibility index (Phi) is 5.03. The third-order valence-electron chi connectivity index (χ3n) is 3.83. The molecule has 3 atom stereocenters. The van der Waals surface area contributed by atoms with E-state index in [-0.39, 0.29) is 29.3 Å². The van der Waals surface area contributed by atoms with Gasteiger partial charge < -0.3 is 10.4 Å². The van der Waals surface area contributed by atoms with Gasteiger partial charge in [0, 0.05) is 12.3 Å². The van der Waals surface area contributed by atoms with Crippen LogP contribution in [-0.4, -0.2) is 65.6 Å². The van der Waals surface area contributed by atoms with Crippen molar-refractivity contribution in [3.8, 4) is 0 Å². The molecular weight excluding hydrogens is 316 g/mol. The van der Waals surface area contributed by atoms with Gasteiger partial charge in [-0.15, -0.1) is 11.8 Å². The molecule has 2 rings (SSSR count). The Morgan fingerprint density at radius 3 is 2.67 bits per heavy atom. The monoisotopic (exact) mass is 336 g/mol. The summed E-state index contributed by atoms with van der Waals surface area (Å²) in [6, 6.07) is -1.23. The normalized spacial score (nSPS) is 31.3. The molecule has 2 N–H and O–H groups in total. The average molecular weight is 336 g/mol. The number of urea groups is 1. The van der Waals surface area contributed by atoms with E-state index in [4.69, 9.17) is 0 Å². The first-order chi connectivity index (χ1) is 9.84. The van der Waals surface area contributed by atoms with Crippen LogP contribution in [0.2, 0.25) is 0 Å². The van der Waals surface area contributed by atoms with E-state index in [1.807, 2.05) is 6.92 Å². The first kappa shape index (κ1) is 16.4. The number of hydrogen-bond donors (Lipinski definition) is 2. The largest absolute Gasteiger partial charge is 0.480 e. The molecule has 2 fully saturated rings. The molecule has 0 bridgehead atoms. The van der Waals surface area contributed by atoms with Crippen LogP contribution < -0.4 is 5.32 Å². The molecule has 0 aromatic rings. The van der Waals surface area contributed by atoms with Crippen molar-refractivity contribution in [3.63, 3.8) is 0 Å². The number of aliphatic carboxylic acids is 1. The molecule has 2 amide bonds. The summed E-state index contributed by atoms with van der Waals surface area (Å²) >= 11 is 1.46. The van der Waals surface area contributed by atoms with Gasteiger partial charge in [0.2, 0.25) is 0 Å². The summed E-state index contributed by atoms with van der Waals surface area (Å²) < 4.78 is 22.8. The number of nitrogens with zero attached hydrogens (tertiary/aromatic N) is 1. The van der Waals surface area contributed by atoms with Crippen LogP contribution in [0.15, 0.2) is 0 Å². The Labute approximate surface area is 128 Å². The fourth-order valence-electron chi connectivity index (χ4n) is 2.70. The number of carboxylic acid groups (broad SMARTS) is 1. The topological polar surface area (TPSA) is 104 Å². The predicted molar refractivity (Wildman–Crippen MR) is 80.0 cm³/mol. The van der Waals surface area contributed by atoms with Crippen molar-refractivity contribution in [2.24, 2.45) is 5.92 Å². The quantitative estimate of drug-likeness (QED) is 0.769. The lowest BCUT2D eigenvalue weighted by atomic mass is 10.1. The van der Waals surface area contributed by atoms with Crippen molar-refractivity contribution in [1.82, 2.24) is 10.2 Å². The van der Waals surface area contributed by atoms with Crippen molar-refractivity contribution in [2.45, 2.75) is 31.2 Å². The van der Waals surface area contributed by atoms with E-state index in [0.717, 1.165) is 0 Å². The Balaban J connectivity index is 1.93. The first-order valence-electron chi connectivity index (χ1n) is 6.95. The minimum absolute atomic E-state index is 0.0717. The van der Waals surface area contributed by atoms with E-state index in [0.29, 0.717) is 18.6 Å². The maximum absolute atomic E-state index is 12.2. The van der Waals surface area contributed by atoms with Crippen LogP contribution in [0.1, 0.15) is 19.8 Å². The zero-order valence-electron chi connectivity index (χ0n) is 11.8. The minimum atomic E-state index is -2.97. The lowest BCUT2D eigenvalue weighted by molar-refractivity contribution is -0.141. The van der Waals surface area contributed by atoms with Crippen molar-refractivity contribution >= 4 is 33.6 Å². The van der Waals surface area contributed by atoms with E-state index < -0.39 is 27.9 Å². The SMILES string of the molecule is CCC1SCC(C(=O)O)N1C(=O)NCC1CCS(=O)(=O)C1. The molecule has 0 aliphatic carbocycles. The van der Waals surface area contributed by atoms with Gasteiger partial charge in [0.05, 0.1) is 16.9 Å². The van der Waals surface area contributed by atoms with Crippen LogP contribution in [0, 0.1) is 5.92 Å². The number of hydrogen-bond acceptors (Lipinski definition) is 5. The highest BCUT2D eigenvalue weighted by Gasteiger charge is 2.41. The lowest BCUT2D eigenvalue weighted by Gasteiger charge is -2.27. The van der Waals surface area contributed by atoms with Gasteiger partial charge in [-0.25, -0.2) is 18.0 Å². The molecule has 120 valence electrons. The summed E-state index contributed by atoms with van der Waals surface area (Å²) in [4.78, 5) is 24.8. The van der Waals surface area contributed by atoms with Gasteiger partial charge in [-0.1, -0.05) is 6.92 Å². The Morgan fingerprint density at radius 1 is 1.43 bits per heavy atom. The smallest absolute Gasteiger partial charge is 0.327 e. The molecular formula is C12H20N2O5S2. The highest BCUT2D eigenvalue weighted by molar-refractivity contribution is 8.00. The number of amides is 2. The number of thioether (sulfide) groups is 1. The van der Waals surface area contributed by atoms with Crippen molar-refractivity contribution in [1.29, 1.82) is 0 Å². The van der Waals surface area contributed by atoms with E-state index in [1.165, 1.54) is 16.7 Å². The fourth-order valence-corrected chi connectivity index (χ4v) is 5.91. The van der Waals surface area contributed by atoms with Gasteiger partial charge in [-0.05, 0) is 18.8 Å². The van der Waals surface area contributed by atoms with E-state index in [9.17, 15) is 23.1 Å².